The number of rotatable bonds is 2. The molecule has 1 aliphatic rings. The Morgan fingerprint density at radius 1 is 1.45 bits per heavy atom. The van der Waals surface area contributed by atoms with Crippen LogP contribution in [-0.4, -0.2) is 31.4 Å². The summed E-state index contributed by atoms with van der Waals surface area (Å²) in [6, 6.07) is 6.65. The maximum Gasteiger partial charge on any atom is 0.243 e. The Kier molecular flexibility index (Phi) is 4.14. The molecule has 2 N–H and O–H groups in total. The van der Waals surface area contributed by atoms with Crippen molar-refractivity contribution in [1.29, 1.82) is 5.26 Å². The number of hydrogen-bond donors (Lipinski definition) is 1. The van der Waals surface area contributed by atoms with Crippen LogP contribution in [0.5, 0.6) is 0 Å². The third-order valence-electron chi connectivity index (χ3n) is 3.75. The zero-order valence-corrected chi connectivity index (χ0v) is 12.5. The van der Waals surface area contributed by atoms with E-state index >= 15 is 0 Å². The molecule has 1 fully saturated rings. The number of hydrogen-bond acceptors (Lipinski definition) is 4. The fourth-order valence-electron chi connectivity index (χ4n) is 2.68. The summed E-state index contributed by atoms with van der Waals surface area (Å²) in [5.41, 5.74) is 6.95. The Balaban J connectivity index is 2.38. The van der Waals surface area contributed by atoms with Gasteiger partial charge in [0.1, 0.15) is 0 Å². The molecule has 1 aromatic carbocycles. The summed E-state index contributed by atoms with van der Waals surface area (Å²) in [6.45, 7) is 4.05. The SMILES string of the molecule is Cc1cc(C#N)ccc1S(=O)(=O)N1CC[C@H](N)C[C@H]1C. The minimum absolute atomic E-state index is 0.0681. The Hall–Kier alpha value is -1.42. The standard InChI is InChI=1S/C14H19N3O2S/c1-10-7-12(9-15)3-4-14(10)20(18,19)17-6-5-13(16)8-11(17)2/h3-4,7,11,13H,5-6,8,16H2,1-2H3/t11-,13+/m1/s1. The molecule has 0 unspecified atom stereocenters. The summed E-state index contributed by atoms with van der Waals surface area (Å²) in [6.07, 6.45) is 1.35. The Bertz CT molecular complexity index is 649. The normalized spacial score (nSPS) is 24.3. The summed E-state index contributed by atoms with van der Waals surface area (Å²) in [5, 5.41) is 8.85. The van der Waals surface area contributed by atoms with Crippen molar-refractivity contribution in [2.45, 2.75) is 43.7 Å². The molecule has 1 aliphatic heterocycles. The van der Waals surface area contributed by atoms with E-state index in [-0.39, 0.29) is 17.0 Å². The molecule has 2 rings (SSSR count). The number of nitriles is 1. The second kappa shape index (κ2) is 5.52. The van der Waals surface area contributed by atoms with Gasteiger partial charge in [0.25, 0.3) is 0 Å². The molecule has 2 atom stereocenters. The van der Waals surface area contributed by atoms with Gasteiger partial charge in [-0.25, -0.2) is 8.42 Å². The first-order chi connectivity index (χ1) is 9.36. The lowest BCUT2D eigenvalue weighted by atomic mass is 10.0. The zero-order chi connectivity index (χ0) is 14.9. The van der Waals surface area contributed by atoms with Gasteiger partial charge in [0, 0.05) is 18.6 Å². The highest BCUT2D eigenvalue weighted by molar-refractivity contribution is 7.89. The molecule has 0 amide bonds. The molecule has 0 bridgehead atoms. The molecular formula is C14H19N3O2S. The second-order valence-corrected chi connectivity index (χ2v) is 7.20. The van der Waals surface area contributed by atoms with Crippen molar-refractivity contribution in [3.8, 4) is 6.07 Å². The number of aryl methyl sites for hydroxylation is 1. The first-order valence-corrected chi connectivity index (χ1v) is 8.08. The van der Waals surface area contributed by atoms with Crippen molar-refractivity contribution < 1.29 is 8.42 Å². The molecule has 0 radical (unpaired) electrons. The molecule has 108 valence electrons. The smallest absolute Gasteiger partial charge is 0.243 e. The van der Waals surface area contributed by atoms with Gasteiger partial charge >= 0.3 is 0 Å². The van der Waals surface area contributed by atoms with E-state index < -0.39 is 10.0 Å². The van der Waals surface area contributed by atoms with E-state index in [9.17, 15) is 8.42 Å². The monoisotopic (exact) mass is 293 g/mol. The molecule has 1 heterocycles. The van der Waals surface area contributed by atoms with Crippen molar-refractivity contribution in [3.05, 3.63) is 29.3 Å². The summed E-state index contributed by atoms with van der Waals surface area (Å²) in [4.78, 5) is 0.277. The quantitative estimate of drug-likeness (QED) is 0.892. The van der Waals surface area contributed by atoms with Gasteiger partial charge in [-0.05, 0) is 50.5 Å². The molecule has 1 saturated heterocycles. The first-order valence-electron chi connectivity index (χ1n) is 6.64. The summed E-state index contributed by atoms with van der Waals surface area (Å²) >= 11 is 0. The first kappa shape index (κ1) is 15.0. The number of sulfonamides is 1. The fraction of sp³-hybridized carbons (Fsp3) is 0.500. The van der Waals surface area contributed by atoms with Gasteiger partial charge in [0.15, 0.2) is 0 Å². The summed E-state index contributed by atoms with van der Waals surface area (Å²) < 4.78 is 27.0. The lowest BCUT2D eigenvalue weighted by Crippen LogP contribution is -2.48. The average molecular weight is 293 g/mol. The van der Waals surface area contributed by atoms with Crippen molar-refractivity contribution in [1.82, 2.24) is 4.31 Å². The predicted octanol–water partition coefficient (Wildman–Crippen LogP) is 1.37. The highest BCUT2D eigenvalue weighted by Gasteiger charge is 2.34. The number of benzene rings is 1. The van der Waals surface area contributed by atoms with Crippen LogP contribution >= 0.6 is 0 Å². The van der Waals surface area contributed by atoms with Crippen molar-refractivity contribution in [2.24, 2.45) is 5.73 Å². The molecule has 0 aliphatic carbocycles. The van der Waals surface area contributed by atoms with Crippen LogP contribution in [0.3, 0.4) is 0 Å². The van der Waals surface area contributed by atoms with Crippen LogP contribution in [0.25, 0.3) is 0 Å². The Morgan fingerprint density at radius 2 is 2.15 bits per heavy atom. The molecule has 1 aromatic rings. The predicted molar refractivity (Wildman–Crippen MR) is 76.5 cm³/mol. The van der Waals surface area contributed by atoms with Gasteiger partial charge in [0.05, 0.1) is 16.5 Å². The Morgan fingerprint density at radius 3 is 2.70 bits per heavy atom. The van der Waals surface area contributed by atoms with Crippen molar-refractivity contribution in [3.63, 3.8) is 0 Å². The molecule has 5 nitrogen and oxygen atoms in total. The third-order valence-corrected chi connectivity index (χ3v) is 5.92. The highest BCUT2D eigenvalue weighted by atomic mass is 32.2. The summed E-state index contributed by atoms with van der Waals surface area (Å²) in [7, 11) is -3.52. The van der Waals surface area contributed by atoms with Crippen LogP contribution < -0.4 is 5.73 Å². The summed E-state index contributed by atoms with van der Waals surface area (Å²) in [5.74, 6) is 0. The van der Waals surface area contributed by atoms with Gasteiger partial charge in [-0.15, -0.1) is 0 Å². The molecule has 0 aromatic heterocycles. The fourth-order valence-corrected chi connectivity index (χ4v) is 4.54. The minimum Gasteiger partial charge on any atom is -0.328 e. The van der Waals surface area contributed by atoms with Crippen LogP contribution in [-0.2, 0) is 10.0 Å². The van der Waals surface area contributed by atoms with Crippen molar-refractivity contribution >= 4 is 10.0 Å². The van der Waals surface area contributed by atoms with Crippen LogP contribution in [0.2, 0.25) is 0 Å². The van der Waals surface area contributed by atoms with E-state index in [0.29, 0.717) is 30.5 Å². The highest BCUT2D eigenvalue weighted by Crippen LogP contribution is 2.27. The van der Waals surface area contributed by atoms with Crippen LogP contribution in [0.4, 0.5) is 0 Å². The van der Waals surface area contributed by atoms with E-state index in [4.69, 9.17) is 11.0 Å². The van der Waals surface area contributed by atoms with Gasteiger partial charge in [-0.3, -0.25) is 0 Å². The molecule has 20 heavy (non-hydrogen) atoms. The van der Waals surface area contributed by atoms with E-state index in [2.05, 4.69) is 0 Å². The largest absolute Gasteiger partial charge is 0.328 e. The van der Waals surface area contributed by atoms with E-state index in [1.807, 2.05) is 13.0 Å². The van der Waals surface area contributed by atoms with E-state index in [1.165, 1.54) is 10.4 Å². The molecule has 0 saturated carbocycles. The maximum atomic E-state index is 12.7. The van der Waals surface area contributed by atoms with E-state index in [1.54, 1.807) is 19.1 Å². The van der Waals surface area contributed by atoms with Gasteiger partial charge in [0.2, 0.25) is 10.0 Å². The minimum atomic E-state index is -3.52. The zero-order valence-electron chi connectivity index (χ0n) is 11.7. The maximum absolute atomic E-state index is 12.7. The second-order valence-electron chi connectivity index (χ2n) is 5.34. The third kappa shape index (κ3) is 2.70. The number of nitrogens with zero attached hydrogens (tertiary/aromatic N) is 2. The molecular weight excluding hydrogens is 274 g/mol. The number of piperidine rings is 1. The lowest BCUT2D eigenvalue weighted by Gasteiger charge is -2.35. The van der Waals surface area contributed by atoms with Crippen LogP contribution in [0.1, 0.15) is 30.9 Å². The lowest BCUT2D eigenvalue weighted by molar-refractivity contribution is 0.247. The van der Waals surface area contributed by atoms with Gasteiger partial charge in [-0.2, -0.15) is 9.57 Å². The topological polar surface area (TPSA) is 87.2 Å². The van der Waals surface area contributed by atoms with Gasteiger partial charge in [-0.1, -0.05) is 0 Å². The van der Waals surface area contributed by atoms with Crippen molar-refractivity contribution in [2.75, 3.05) is 6.54 Å². The number of nitrogens with two attached hydrogens (primary N) is 1. The van der Waals surface area contributed by atoms with Gasteiger partial charge < -0.3 is 5.73 Å². The molecule has 0 spiro atoms. The van der Waals surface area contributed by atoms with E-state index in [0.717, 1.165) is 0 Å². The van der Waals surface area contributed by atoms with Crippen LogP contribution in [0, 0.1) is 18.3 Å². The van der Waals surface area contributed by atoms with Crippen LogP contribution in [0.15, 0.2) is 23.1 Å². The Labute approximate surface area is 120 Å². The average Bonchev–Trinajstić information content (AvgIpc) is 2.37. The molecule has 6 heteroatoms.